The average Bonchev–Trinajstić information content (AvgIpc) is 3.65. The van der Waals surface area contributed by atoms with Crippen LogP contribution in [0.2, 0.25) is 0 Å². The maximum absolute atomic E-state index is 2.40. The van der Waals surface area contributed by atoms with Crippen molar-refractivity contribution >= 4 is 17.1 Å². The Hall–Kier alpha value is -6.44. The van der Waals surface area contributed by atoms with E-state index in [-0.39, 0.29) is 5.41 Å². The highest BCUT2D eigenvalue weighted by molar-refractivity contribution is 5.87. The molecule has 2 aliphatic rings. The highest BCUT2D eigenvalue weighted by atomic mass is 15.1. The van der Waals surface area contributed by atoms with Crippen molar-refractivity contribution in [2.75, 3.05) is 4.90 Å². The number of rotatable bonds is 6. The first kappa shape index (κ1) is 31.3. The van der Waals surface area contributed by atoms with Crippen LogP contribution in [0.1, 0.15) is 47.2 Å². The summed E-state index contributed by atoms with van der Waals surface area (Å²) in [5.41, 5.74) is 18.7. The Bertz CT molecular complexity index is 2570. The number of benzene rings is 8. The van der Waals surface area contributed by atoms with Gasteiger partial charge in [-0.2, -0.15) is 0 Å². The molecule has 0 aromatic heterocycles. The first-order chi connectivity index (χ1) is 26.0. The zero-order valence-electron chi connectivity index (χ0n) is 30.0. The molecular weight excluding hydrogens is 639 g/mol. The van der Waals surface area contributed by atoms with Crippen LogP contribution in [0.4, 0.5) is 17.1 Å². The molecule has 8 aromatic rings. The Morgan fingerprint density at radius 1 is 0.321 bits per heavy atom. The molecule has 0 saturated heterocycles. The Morgan fingerprint density at radius 2 is 0.736 bits per heavy atom. The minimum absolute atomic E-state index is 0.0279. The summed E-state index contributed by atoms with van der Waals surface area (Å²) >= 11 is 0. The van der Waals surface area contributed by atoms with Crippen LogP contribution >= 0.6 is 0 Å². The predicted octanol–water partition coefficient (Wildman–Crippen LogP) is 13.5. The van der Waals surface area contributed by atoms with E-state index in [1.54, 1.807) is 0 Å². The summed E-state index contributed by atoms with van der Waals surface area (Å²) in [5.74, 6) is 0. The molecule has 0 spiro atoms. The maximum atomic E-state index is 2.40. The molecule has 8 aromatic carbocycles. The molecule has 0 N–H and O–H groups in total. The third-order valence-corrected chi connectivity index (χ3v) is 11.8. The van der Waals surface area contributed by atoms with Crippen LogP contribution in [0.5, 0.6) is 0 Å². The molecular formula is C52H39N. The number of hydrogen-bond acceptors (Lipinski definition) is 1. The summed E-state index contributed by atoms with van der Waals surface area (Å²) in [5, 5.41) is 0. The molecule has 0 saturated carbocycles. The number of nitrogens with zero attached hydrogens (tertiary/aromatic N) is 1. The van der Waals surface area contributed by atoms with Crippen LogP contribution < -0.4 is 4.90 Å². The van der Waals surface area contributed by atoms with Gasteiger partial charge in [0.2, 0.25) is 0 Å². The van der Waals surface area contributed by atoms with Gasteiger partial charge in [-0.25, -0.2) is 0 Å². The fourth-order valence-corrected chi connectivity index (χ4v) is 9.28. The molecule has 0 radical (unpaired) electrons. The van der Waals surface area contributed by atoms with Gasteiger partial charge >= 0.3 is 0 Å². The van der Waals surface area contributed by atoms with Crippen LogP contribution in [0.3, 0.4) is 0 Å². The quantitative estimate of drug-likeness (QED) is 0.169. The monoisotopic (exact) mass is 677 g/mol. The third kappa shape index (κ3) is 4.70. The van der Waals surface area contributed by atoms with Crippen molar-refractivity contribution in [1.82, 2.24) is 0 Å². The average molecular weight is 678 g/mol. The Kier molecular flexibility index (Phi) is 7.13. The van der Waals surface area contributed by atoms with Gasteiger partial charge in [-0.3, -0.25) is 0 Å². The van der Waals surface area contributed by atoms with Gasteiger partial charge in [0.15, 0.2) is 0 Å². The Balaban J connectivity index is 1.06. The number of hydrogen-bond donors (Lipinski definition) is 0. The standard InChI is InChI=1S/C52H39N/c1-51(2)47-22-12-9-19-43(47)46-34-27-37(35-50(46)51)36-25-30-41(31-26-36)53(40-17-7-4-8-18-40)42-32-28-39(29-33-42)52(38-15-5-3-6-16-38)48-23-13-10-20-44(48)45-21-11-14-24-49(45)52/h3-35H,1-2H3. The molecule has 252 valence electrons. The van der Waals surface area contributed by atoms with Gasteiger partial charge in [0, 0.05) is 22.5 Å². The van der Waals surface area contributed by atoms with E-state index in [1.165, 1.54) is 66.8 Å². The zero-order valence-corrected chi connectivity index (χ0v) is 30.0. The second-order valence-electron chi connectivity index (χ2n) is 14.9. The SMILES string of the molecule is CC1(C)c2ccccc2-c2ccc(-c3ccc(N(c4ccccc4)c4ccc(C5(c6ccccc6)c6ccccc6-c6ccccc65)cc4)cc3)cc21. The van der Waals surface area contributed by atoms with E-state index in [2.05, 4.69) is 219 Å². The van der Waals surface area contributed by atoms with Crippen molar-refractivity contribution in [3.05, 3.63) is 234 Å². The van der Waals surface area contributed by atoms with Gasteiger partial charge in [-0.1, -0.05) is 172 Å². The minimum Gasteiger partial charge on any atom is -0.311 e. The van der Waals surface area contributed by atoms with Crippen molar-refractivity contribution in [2.45, 2.75) is 24.7 Å². The summed E-state index contributed by atoms with van der Waals surface area (Å²) < 4.78 is 0. The lowest BCUT2D eigenvalue weighted by Gasteiger charge is -2.34. The first-order valence-corrected chi connectivity index (χ1v) is 18.6. The van der Waals surface area contributed by atoms with Crippen LogP contribution in [-0.2, 0) is 10.8 Å². The summed E-state index contributed by atoms with van der Waals surface area (Å²) in [6, 6.07) is 73.8. The molecule has 1 heteroatoms. The molecule has 0 bridgehead atoms. The highest BCUT2D eigenvalue weighted by Gasteiger charge is 2.45. The molecule has 0 fully saturated rings. The molecule has 10 rings (SSSR count). The Labute approximate surface area is 312 Å². The highest BCUT2D eigenvalue weighted by Crippen LogP contribution is 2.56. The minimum atomic E-state index is -0.419. The zero-order chi connectivity index (χ0) is 35.6. The molecule has 2 aliphatic carbocycles. The maximum Gasteiger partial charge on any atom is 0.0713 e. The van der Waals surface area contributed by atoms with Crippen molar-refractivity contribution in [2.24, 2.45) is 0 Å². The fraction of sp³-hybridized carbons (Fsp3) is 0.0769. The van der Waals surface area contributed by atoms with E-state index in [0.29, 0.717) is 0 Å². The van der Waals surface area contributed by atoms with Gasteiger partial charge in [-0.05, 0) is 109 Å². The lowest BCUT2D eigenvalue weighted by Crippen LogP contribution is -2.28. The van der Waals surface area contributed by atoms with Gasteiger partial charge in [0.05, 0.1) is 5.41 Å². The predicted molar refractivity (Wildman–Crippen MR) is 221 cm³/mol. The largest absolute Gasteiger partial charge is 0.311 e. The van der Waals surface area contributed by atoms with Crippen LogP contribution in [0.25, 0.3) is 33.4 Å². The molecule has 0 atom stereocenters. The van der Waals surface area contributed by atoms with Crippen LogP contribution in [0, 0.1) is 0 Å². The van der Waals surface area contributed by atoms with Crippen LogP contribution in [0.15, 0.2) is 200 Å². The van der Waals surface area contributed by atoms with Crippen molar-refractivity contribution in [3.63, 3.8) is 0 Å². The van der Waals surface area contributed by atoms with Crippen molar-refractivity contribution in [3.8, 4) is 33.4 Å². The Morgan fingerprint density at radius 3 is 1.34 bits per heavy atom. The summed E-state index contributed by atoms with van der Waals surface area (Å²) in [6.07, 6.45) is 0. The number of anilines is 3. The molecule has 0 aliphatic heterocycles. The topological polar surface area (TPSA) is 3.24 Å². The van der Waals surface area contributed by atoms with Crippen LogP contribution in [-0.4, -0.2) is 0 Å². The van der Waals surface area contributed by atoms with E-state index in [0.717, 1.165) is 17.1 Å². The second-order valence-corrected chi connectivity index (χ2v) is 14.9. The third-order valence-electron chi connectivity index (χ3n) is 11.8. The lowest BCUT2D eigenvalue weighted by atomic mass is 9.68. The van der Waals surface area contributed by atoms with Gasteiger partial charge < -0.3 is 4.90 Å². The number of para-hydroxylation sites is 1. The van der Waals surface area contributed by atoms with Gasteiger partial charge in [0.25, 0.3) is 0 Å². The summed E-state index contributed by atoms with van der Waals surface area (Å²) in [6.45, 7) is 4.69. The first-order valence-electron chi connectivity index (χ1n) is 18.6. The van der Waals surface area contributed by atoms with Gasteiger partial charge in [-0.15, -0.1) is 0 Å². The molecule has 0 heterocycles. The molecule has 1 nitrogen and oxygen atoms in total. The number of fused-ring (bicyclic) bond motifs is 6. The van der Waals surface area contributed by atoms with Gasteiger partial charge in [0.1, 0.15) is 0 Å². The van der Waals surface area contributed by atoms with Crippen molar-refractivity contribution in [1.29, 1.82) is 0 Å². The second kappa shape index (κ2) is 12.1. The van der Waals surface area contributed by atoms with E-state index in [4.69, 9.17) is 0 Å². The lowest BCUT2D eigenvalue weighted by molar-refractivity contribution is 0.660. The van der Waals surface area contributed by atoms with Crippen molar-refractivity contribution < 1.29 is 0 Å². The summed E-state index contributed by atoms with van der Waals surface area (Å²) in [7, 11) is 0. The molecule has 0 unspecified atom stereocenters. The van der Waals surface area contributed by atoms with E-state index < -0.39 is 5.41 Å². The molecule has 53 heavy (non-hydrogen) atoms. The van der Waals surface area contributed by atoms with E-state index in [9.17, 15) is 0 Å². The van der Waals surface area contributed by atoms with E-state index in [1.807, 2.05) is 0 Å². The fourth-order valence-electron chi connectivity index (χ4n) is 9.28. The normalized spacial score (nSPS) is 14.2. The van der Waals surface area contributed by atoms with E-state index >= 15 is 0 Å². The smallest absolute Gasteiger partial charge is 0.0713 e. The summed E-state index contributed by atoms with van der Waals surface area (Å²) in [4.78, 5) is 2.36. The molecule has 0 amide bonds.